The van der Waals surface area contributed by atoms with E-state index in [-0.39, 0.29) is 0 Å². The van der Waals surface area contributed by atoms with Crippen LogP contribution in [-0.4, -0.2) is 24.1 Å². The fraction of sp³-hybridized carbons (Fsp3) is 0. The molecule has 0 saturated carbocycles. The third-order valence-electron chi connectivity index (χ3n) is 13.8. The van der Waals surface area contributed by atoms with Crippen molar-refractivity contribution in [2.24, 2.45) is 0 Å². The lowest BCUT2D eigenvalue weighted by Crippen LogP contribution is -2.06. The van der Waals surface area contributed by atoms with Crippen LogP contribution in [0.1, 0.15) is 11.1 Å². The molecule has 0 radical (unpaired) electrons. The summed E-state index contributed by atoms with van der Waals surface area (Å²) in [6, 6.07) is 82.1. The first-order valence-electron chi connectivity index (χ1n) is 24.1. The number of para-hydroxylation sites is 4. The predicted molar refractivity (Wildman–Crippen MR) is 297 cm³/mol. The molecule has 0 unspecified atom stereocenters. The molecule has 0 fully saturated rings. The van der Waals surface area contributed by atoms with Crippen LogP contribution in [0.4, 0.5) is 5.69 Å². The number of hydrogen-bond donors (Lipinski definition) is 0. The number of benzene rings is 10. The van der Waals surface area contributed by atoms with Crippen molar-refractivity contribution in [2.75, 3.05) is 0 Å². The summed E-state index contributed by atoms with van der Waals surface area (Å²) >= 11 is 0. The molecule has 0 bridgehead atoms. The first-order chi connectivity index (χ1) is 36.5. The van der Waals surface area contributed by atoms with Crippen LogP contribution in [0, 0.1) is 29.2 Å². The molecule has 0 aliphatic carbocycles. The maximum Gasteiger partial charge on any atom is 0.187 e. The Morgan fingerprint density at radius 1 is 0.338 bits per heavy atom. The molecule has 0 N–H and O–H groups in total. The largest absolute Gasteiger partial charge is 0.309 e. The standard InChI is InChI=1S/C66H38N8/c1-69-51-21-13-19-47(37-51)49-31-33-63(74-60-28-8-4-24-54(60)55-25-5-9-29-61(55)74)57(39-49)66-71-64(50-20-12-18-46(36-50)44-16-10-14-42(34-44)40-67)70-65(72-66)56-38-48(45-17-11-15-43(35-45)41-68)30-32-62(56)73-58-26-6-2-22-52(58)53-23-3-7-27-59(53)73/h2-39H. The monoisotopic (exact) mass is 942 g/mol. The van der Waals surface area contributed by atoms with Crippen molar-refractivity contribution in [3.63, 3.8) is 0 Å². The SMILES string of the molecule is [C-]#[N+]c1cccc(-c2ccc(-n3c4ccccc4c4ccccc43)c(-c3nc(-c4cccc(-c5cccc(C#N)c5)c4)nc(-c4cc(-c5cccc(C#N)c5)ccc4-n4c5ccccc5c5ccccc54)n3)c2)c1. The van der Waals surface area contributed by atoms with Gasteiger partial charge in [-0.1, -0.05) is 146 Å². The quantitative estimate of drug-likeness (QED) is 0.141. The van der Waals surface area contributed by atoms with Crippen LogP contribution in [-0.2, 0) is 0 Å². The van der Waals surface area contributed by atoms with Crippen molar-refractivity contribution in [1.29, 1.82) is 10.5 Å². The molecular weight excluding hydrogens is 905 g/mol. The summed E-state index contributed by atoms with van der Waals surface area (Å²) < 4.78 is 4.58. The number of fused-ring (bicyclic) bond motifs is 6. The van der Waals surface area contributed by atoms with Crippen molar-refractivity contribution in [3.05, 3.63) is 253 Å². The van der Waals surface area contributed by atoms with Gasteiger partial charge in [0, 0.05) is 38.2 Å². The third-order valence-corrected chi connectivity index (χ3v) is 13.8. The van der Waals surface area contributed by atoms with Gasteiger partial charge in [0.2, 0.25) is 0 Å². The Kier molecular flexibility index (Phi) is 10.5. The normalized spacial score (nSPS) is 11.2. The molecule has 0 saturated heterocycles. The van der Waals surface area contributed by atoms with Gasteiger partial charge in [-0.2, -0.15) is 10.5 Å². The Morgan fingerprint density at radius 2 is 0.703 bits per heavy atom. The van der Waals surface area contributed by atoms with Gasteiger partial charge < -0.3 is 9.13 Å². The molecule has 3 heterocycles. The van der Waals surface area contributed by atoms with Crippen LogP contribution in [0.15, 0.2) is 231 Å². The number of aromatic nitrogens is 5. The molecule has 74 heavy (non-hydrogen) atoms. The van der Waals surface area contributed by atoms with Gasteiger partial charge in [-0.15, -0.1) is 0 Å². The lowest BCUT2D eigenvalue weighted by molar-refractivity contribution is 1.06. The molecule has 13 rings (SSSR count). The predicted octanol–water partition coefficient (Wildman–Crippen LogP) is 16.4. The minimum atomic E-state index is 0.436. The van der Waals surface area contributed by atoms with E-state index < -0.39 is 0 Å². The molecule has 0 amide bonds. The summed E-state index contributed by atoms with van der Waals surface area (Å²) in [5, 5.41) is 24.4. The van der Waals surface area contributed by atoms with Gasteiger partial charge in [-0.25, -0.2) is 19.8 Å². The van der Waals surface area contributed by atoms with Crippen LogP contribution in [0.25, 0.3) is 127 Å². The first-order valence-corrected chi connectivity index (χ1v) is 24.1. The molecule has 0 aliphatic rings. The molecule has 342 valence electrons. The highest BCUT2D eigenvalue weighted by Gasteiger charge is 2.24. The van der Waals surface area contributed by atoms with Crippen LogP contribution in [0.3, 0.4) is 0 Å². The van der Waals surface area contributed by atoms with Crippen molar-refractivity contribution in [3.8, 4) is 91.1 Å². The summed E-state index contributed by atoms with van der Waals surface area (Å²) in [5.74, 6) is 1.32. The molecule has 8 heteroatoms. The third kappa shape index (κ3) is 7.42. The first kappa shape index (κ1) is 43.3. The van der Waals surface area contributed by atoms with Gasteiger partial charge in [0.25, 0.3) is 0 Å². The average molecular weight is 943 g/mol. The smallest absolute Gasteiger partial charge is 0.187 e. The lowest BCUT2D eigenvalue weighted by atomic mass is 9.98. The second-order valence-electron chi connectivity index (χ2n) is 18.1. The molecule has 3 aromatic heterocycles. The van der Waals surface area contributed by atoms with Gasteiger partial charge in [0.1, 0.15) is 0 Å². The van der Waals surface area contributed by atoms with E-state index in [9.17, 15) is 10.5 Å². The van der Waals surface area contributed by atoms with E-state index in [4.69, 9.17) is 21.5 Å². The van der Waals surface area contributed by atoms with Crippen LogP contribution >= 0.6 is 0 Å². The van der Waals surface area contributed by atoms with Crippen molar-refractivity contribution in [2.45, 2.75) is 0 Å². The fourth-order valence-corrected chi connectivity index (χ4v) is 10.4. The maximum atomic E-state index is 10.0. The zero-order valence-corrected chi connectivity index (χ0v) is 39.5. The molecule has 0 spiro atoms. The van der Waals surface area contributed by atoms with E-state index in [1.54, 1.807) is 6.07 Å². The van der Waals surface area contributed by atoms with Gasteiger partial charge in [-0.05, 0) is 118 Å². The summed E-state index contributed by atoms with van der Waals surface area (Å²) in [4.78, 5) is 20.4. The van der Waals surface area contributed by atoms with Crippen molar-refractivity contribution < 1.29 is 0 Å². The molecule has 13 aromatic rings. The van der Waals surface area contributed by atoms with E-state index in [0.717, 1.165) is 105 Å². The molecule has 8 nitrogen and oxygen atoms in total. The summed E-state index contributed by atoms with van der Waals surface area (Å²) in [5.41, 5.74) is 15.1. The van der Waals surface area contributed by atoms with E-state index in [1.807, 2.05) is 84.9 Å². The number of hydrogen-bond acceptors (Lipinski definition) is 5. The highest BCUT2D eigenvalue weighted by molar-refractivity contribution is 6.11. The van der Waals surface area contributed by atoms with Gasteiger partial charge >= 0.3 is 0 Å². The van der Waals surface area contributed by atoms with Crippen LogP contribution in [0.5, 0.6) is 0 Å². The molecule has 0 atom stereocenters. The highest BCUT2D eigenvalue weighted by atomic mass is 15.1. The molecule has 0 aliphatic heterocycles. The van der Waals surface area contributed by atoms with Crippen LogP contribution in [0.2, 0.25) is 0 Å². The summed E-state index contributed by atoms with van der Waals surface area (Å²) in [6.45, 7) is 7.88. The lowest BCUT2D eigenvalue weighted by Gasteiger charge is -2.18. The summed E-state index contributed by atoms with van der Waals surface area (Å²) in [6.07, 6.45) is 0. The Bertz CT molecular complexity index is 4210. The Balaban J connectivity index is 1.14. The van der Waals surface area contributed by atoms with E-state index in [1.165, 1.54) is 0 Å². The Hall–Kier alpha value is -10.7. The van der Waals surface area contributed by atoms with E-state index in [0.29, 0.717) is 34.3 Å². The highest BCUT2D eigenvalue weighted by Crippen LogP contribution is 2.42. The van der Waals surface area contributed by atoms with Gasteiger partial charge in [0.05, 0.1) is 63.3 Å². The zero-order chi connectivity index (χ0) is 49.7. The van der Waals surface area contributed by atoms with Crippen molar-refractivity contribution >= 4 is 49.3 Å². The van der Waals surface area contributed by atoms with Gasteiger partial charge in [-0.3, -0.25) is 0 Å². The minimum absolute atomic E-state index is 0.436. The molecular formula is C66H38N8. The number of nitriles is 2. The fourth-order valence-electron chi connectivity index (χ4n) is 10.4. The second-order valence-corrected chi connectivity index (χ2v) is 18.1. The van der Waals surface area contributed by atoms with Crippen molar-refractivity contribution in [1.82, 2.24) is 24.1 Å². The average Bonchev–Trinajstić information content (AvgIpc) is 4.00. The maximum absolute atomic E-state index is 10.0. The zero-order valence-electron chi connectivity index (χ0n) is 39.5. The minimum Gasteiger partial charge on any atom is -0.309 e. The topological polar surface area (TPSA) is 100 Å². The Labute approximate surface area is 426 Å². The number of nitrogens with zero attached hydrogens (tertiary/aromatic N) is 8. The van der Waals surface area contributed by atoms with E-state index >= 15 is 0 Å². The number of rotatable bonds is 8. The van der Waals surface area contributed by atoms with Gasteiger partial charge in [0.15, 0.2) is 23.2 Å². The second kappa shape index (κ2) is 17.9. The van der Waals surface area contributed by atoms with E-state index in [2.05, 4.69) is 166 Å². The molecule has 10 aromatic carbocycles. The Morgan fingerprint density at radius 3 is 1.15 bits per heavy atom. The summed E-state index contributed by atoms with van der Waals surface area (Å²) in [7, 11) is 0. The van der Waals surface area contributed by atoms with Crippen LogP contribution < -0.4 is 0 Å².